The summed E-state index contributed by atoms with van der Waals surface area (Å²) in [5.74, 6) is -0.456. The average molecular weight is 313 g/mol. The summed E-state index contributed by atoms with van der Waals surface area (Å²) in [4.78, 5) is 17.3. The average Bonchev–Trinajstić information content (AvgIpc) is 2.49. The minimum atomic E-state index is -1.02. The molecule has 1 aromatic carbocycles. The zero-order valence-electron chi connectivity index (χ0n) is 13.9. The highest BCUT2D eigenvalue weighted by molar-refractivity contribution is 5.85. The fourth-order valence-electron chi connectivity index (χ4n) is 2.86. The summed E-state index contributed by atoms with van der Waals surface area (Å²) in [5.41, 5.74) is 2.51. The van der Waals surface area contributed by atoms with Crippen molar-refractivity contribution in [3.63, 3.8) is 0 Å². The lowest BCUT2D eigenvalue weighted by molar-refractivity contribution is 0.0690. The molecule has 0 spiro atoms. The van der Waals surface area contributed by atoms with Crippen LogP contribution in [-0.2, 0) is 0 Å². The number of hydrogen-bond donors (Lipinski definition) is 2. The van der Waals surface area contributed by atoms with Crippen molar-refractivity contribution in [1.82, 2.24) is 9.88 Å². The Morgan fingerprint density at radius 3 is 2.48 bits per heavy atom. The maximum Gasteiger partial charge on any atom is 0.354 e. The van der Waals surface area contributed by atoms with Crippen LogP contribution in [0.4, 0.5) is 5.82 Å². The van der Waals surface area contributed by atoms with Gasteiger partial charge < -0.3 is 15.3 Å². The SMILES string of the molecule is Cc1ccccc1C(C(C)Nc1cccc(C(=O)O)n1)N(C)C. The number of rotatable bonds is 6. The van der Waals surface area contributed by atoms with Gasteiger partial charge in [0.15, 0.2) is 5.69 Å². The third kappa shape index (κ3) is 4.07. The molecule has 5 heteroatoms. The number of carbonyl (C=O) groups is 1. The predicted molar refractivity (Wildman–Crippen MR) is 91.9 cm³/mol. The van der Waals surface area contributed by atoms with E-state index >= 15 is 0 Å². The lowest BCUT2D eigenvalue weighted by Crippen LogP contribution is -2.35. The normalized spacial score (nSPS) is 13.6. The zero-order chi connectivity index (χ0) is 17.0. The minimum absolute atomic E-state index is 0.0412. The molecule has 0 aliphatic heterocycles. The van der Waals surface area contributed by atoms with Crippen LogP contribution in [0.25, 0.3) is 0 Å². The molecule has 0 amide bonds. The van der Waals surface area contributed by atoms with Crippen LogP contribution in [0.15, 0.2) is 42.5 Å². The lowest BCUT2D eigenvalue weighted by Gasteiger charge is -2.32. The number of benzene rings is 1. The Balaban J connectivity index is 2.26. The van der Waals surface area contributed by atoms with Gasteiger partial charge in [0, 0.05) is 6.04 Å². The van der Waals surface area contributed by atoms with Crippen molar-refractivity contribution in [3.05, 3.63) is 59.3 Å². The molecule has 5 nitrogen and oxygen atoms in total. The van der Waals surface area contributed by atoms with Crippen molar-refractivity contribution in [2.75, 3.05) is 19.4 Å². The molecule has 2 N–H and O–H groups in total. The van der Waals surface area contributed by atoms with E-state index in [2.05, 4.69) is 41.2 Å². The highest BCUT2D eigenvalue weighted by atomic mass is 16.4. The first-order valence-electron chi connectivity index (χ1n) is 7.59. The molecular formula is C18H23N3O2. The van der Waals surface area contributed by atoms with Crippen molar-refractivity contribution in [1.29, 1.82) is 0 Å². The van der Waals surface area contributed by atoms with Gasteiger partial charge >= 0.3 is 5.97 Å². The molecule has 0 saturated carbocycles. The van der Waals surface area contributed by atoms with Crippen molar-refractivity contribution in [3.8, 4) is 0 Å². The molecule has 1 heterocycles. The summed E-state index contributed by atoms with van der Waals surface area (Å²) < 4.78 is 0. The summed E-state index contributed by atoms with van der Waals surface area (Å²) in [6.45, 7) is 4.17. The monoisotopic (exact) mass is 313 g/mol. The molecule has 2 aromatic rings. The van der Waals surface area contributed by atoms with Gasteiger partial charge in [-0.2, -0.15) is 0 Å². The second-order valence-corrected chi connectivity index (χ2v) is 5.91. The lowest BCUT2D eigenvalue weighted by atomic mass is 9.95. The van der Waals surface area contributed by atoms with Gasteiger partial charge in [-0.05, 0) is 51.2 Å². The van der Waals surface area contributed by atoms with E-state index in [9.17, 15) is 4.79 Å². The van der Waals surface area contributed by atoms with Crippen LogP contribution in [0.5, 0.6) is 0 Å². The predicted octanol–water partition coefficient (Wildman–Crippen LogP) is 3.19. The van der Waals surface area contributed by atoms with Crippen LogP contribution >= 0.6 is 0 Å². The van der Waals surface area contributed by atoms with Crippen molar-refractivity contribution < 1.29 is 9.90 Å². The Morgan fingerprint density at radius 1 is 1.17 bits per heavy atom. The Kier molecular flexibility index (Phi) is 5.34. The summed E-state index contributed by atoms with van der Waals surface area (Å²) >= 11 is 0. The van der Waals surface area contributed by atoms with Gasteiger partial charge in [-0.15, -0.1) is 0 Å². The summed E-state index contributed by atoms with van der Waals surface area (Å²) in [5, 5.41) is 12.4. The molecule has 0 radical (unpaired) electrons. The van der Waals surface area contributed by atoms with E-state index < -0.39 is 5.97 Å². The zero-order valence-corrected chi connectivity index (χ0v) is 13.9. The standard InChI is InChI=1S/C18H23N3O2/c1-12-8-5-6-9-14(12)17(21(3)4)13(2)19-16-11-7-10-15(20-16)18(22)23/h5-11,13,17H,1-4H3,(H,19,20)(H,22,23). The number of aromatic nitrogens is 1. The van der Waals surface area contributed by atoms with Crippen LogP contribution in [-0.4, -0.2) is 41.1 Å². The number of nitrogens with one attached hydrogen (secondary N) is 1. The highest BCUT2D eigenvalue weighted by Crippen LogP contribution is 2.26. The van der Waals surface area contributed by atoms with Gasteiger partial charge in [-0.25, -0.2) is 9.78 Å². The van der Waals surface area contributed by atoms with Gasteiger partial charge in [0.05, 0.1) is 6.04 Å². The van der Waals surface area contributed by atoms with E-state index in [1.165, 1.54) is 17.2 Å². The minimum Gasteiger partial charge on any atom is -0.477 e. The Labute approximate surface area is 137 Å². The first kappa shape index (κ1) is 17.0. The van der Waals surface area contributed by atoms with Crippen molar-refractivity contribution in [2.45, 2.75) is 25.9 Å². The molecule has 2 rings (SSSR count). The molecule has 2 unspecified atom stereocenters. The van der Waals surface area contributed by atoms with Crippen LogP contribution in [0, 0.1) is 6.92 Å². The number of carboxylic acids is 1. The van der Waals surface area contributed by atoms with E-state index in [-0.39, 0.29) is 17.8 Å². The summed E-state index contributed by atoms with van der Waals surface area (Å²) in [7, 11) is 4.08. The van der Waals surface area contributed by atoms with Gasteiger partial charge in [0.25, 0.3) is 0 Å². The Bertz CT molecular complexity index is 685. The third-order valence-electron chi connectivity index (χ3n) is 3.88. The van der Waals surface area contributed by atoms with E-state index in [1.54, 1.807) is 12.1 Å². The van der Waals surface area contributed by atoms with Crippen molar-refractivity contribution >= 4 is 11.8 Å². The molecule has 0 fully saturated rings. The van der Waals surface area contributed by atoms with Crippen LogP contribution in [0.1, 0.15) is 34.6 Å². The topological polar surface area (TPSA) is 65.5 Å². The number of aryl methyl sites for hydroxylation is 1. The maximum absolute atomic E-state index is 11.0. The molecule has 122 valence electrons. The summed E-state index contributed by atoms with van der Waals surface area (Å²) in [6.07, 6.45) is 0. The number of aromatic carboxylic acids is 1. The van der Waals surface area contributed by atoms with Gasteiger partial charge in [-0.1, -0.05) is 30.3 Å². The van der Waals surface area contributed by atoms with Crippen molar-refractivity contribution in [2.24, 2.45) is 0 Å². The molecule has 23 heavy (non-hydrogen) atoms. The van der Waals surface area contributed by atoms with Gasteiger partial charge in [-0.3, -0.25) is 0 Å². The fraction of sp³-hybridized carbons (Fsp3) is 0.333. The fourth-order valence-corrected chi connectivity index (χ4v) is 2.86. The number of pyridine rings is 1. The highest BCUT2D eigenvalue weighted by Gasteiger charge is 2.23. The second kappa shape index (κ2) is 7.24. The smallest absolute Gasteiger partial charge is 0.354 e. The van der Waals surface area contributed by atoms with Crippen LogP contribution < -0.4 is 5.32 Å². The third-order valence-corrected chi connectivity index (χ3v) is 3.88. The second-order valence-electron chi connectivity index (χ2n) is 5.91. The molecule has 0 bridgehead atoms. The Morgan fingerprint density at radius 2 is 1.87 bits per heavy atom. The van der Waals surface area contributed by atoms with Crippen LogP contribution in [0.3, 0.4) is 0 Å². The van der Waals surface area contributed by atoms with E-state index in [1.807, 2.05) is 26.2 Å². The largest absolute Gasteiger partial charge is 0.477 e. The molecule has 1 aromatic heterocycles. The molecular weight excluding hydrogens is 290 g/mol. The number of anilines is 1. The number of hydrogen-bond acceptors (Lipinski definition) is 4. The summed E-state index contributed by atoms with van der Waals surface area (Å²) in [6, 6.07) is 13.5. The first-order valence-corrected chi connectivity index (χ1v) is 7.59. The number of nitrogens with zero attached hydrogens (tertiary/aromatic N) is 2. The quantitative estimate of drug-likeness (QED) is 0.857. The number of likely N-dealkylation sites (N-methyl/N-ethyl adjacent to an activating group) is 1. The number of carboxylic acid groups (broad SMARTS) is 1. The molecule has 2 atom stereocenters. The van der Waals surface area contributed by atoms with E-state index in [4.69, 9.17) is 5.11 Å². The van der Waals surface area contributed by atoms with E-state index in [0.717, 1.165) is 0 Å². The van der Waals surface area contributed by atoms with Gasteiger partial charge in [0.2, 0.25) is 0 Å². The molecule has 0 aliphatic carbocycles. The first-order chi connectivity index (χ1) is 10.9. The molecule has 0 aliphatic rings. The van der Waals surface area contributed by atoms with Crippen LogP contribution in [0.2, 0.25) is 0 Å². The molecule has 0 saturated heterocycles. The van der Waals surface area contributed by atoms with Gasteiger partial charge in [0.1, 0.15) is 5.82 Å². The van der Waals surface area contributed by atoms with E-state index in [0.29, 0.717) is 5.82 Å². The maximum atomic E-state index is 11.0. The Hall–Kier alpha value is -2.40.